The van der Waals surface area contributed by atoms with Gasteiger partial charge >= 0.3 is 0 Å². The summed E-state index contributed by atoms with van der Waals surface area (Å²) in [6, 6.07) is 12.6. The lowest BCUT2D eigenvalue weighted by atomic mass is 10.1. The predicted molar refractivity (Wildman–Crippen MR) is 106 cm³/mol. The number of amides is 1. The summed E-state index contributed by atoms with van der Waals surface area (Å²) < 4.78 is 30.8. The molecule has 0 bridgehead atoms. The van der Waals surface area contributed by atoms with Crippen LogP contribution >= 0.6 is 0 Å². The summed E-state index contributed by atoms with van der Waals surface area (Å²) >= 11 is 0. The summed E-state index contributed by atoms with van der Waals surface area (Å²) in [5.41, 5.74) is 3.16. The van der Waals surface area contributed by atoms with Crippen molar-refractivity contribution in [3.63, 3.8) is 0 Å². The second-order valence-electron chi connectivity index (χ2n) is 6.77. The van der Waals surface area contributed by atoms with E-state index in [1.54, 1.807) is 43.3 Å². The molecule has 3 rings (SSSR count). The van der Waals surface area contributed by atoms with Gasteiger partial charge in [0.05, 0.1) is 18.6 Å². The SMILES string of the molecule is COc1ccc(C)cc1CN(C)C(=O)c1ccc(N2CCCS2(=O)=O)cc1. The van der Waals surface area contributed by atoms with Crippen LogP contribution in [0.4, 0.5) is 5.69 Å². The molecule has 0 spiro atoms. The van der Waals surface area contributed by atoms with Crippen molar-refractivity contribution >= 4 is 21.6 Å². The molecule has 2 aromatic carbocycles. The minimum Gasteiger partial charge on any atom is -0.496 e. The fourth-order valence-electron chi connectivity index (χ4n) is 3.28. The first-order chi connectivity index (χ1) is 12.8. The third kappa shape index (κ3) is 4.08. The lowest BCUT2D eigenvalue weighted by Gasteiger charge is -2.20. The van der Waals surface area contributed by atoms with Crippen LogP contribution in [-0.4, -0.2) is 45.7 Å². The van der Waals surface area contributed by atoms with Crippen molar-refractivity contribution in [2.24, 2.45) is 0 Å². The van der Waals surface area contributed by atoms with Crippen molar-refractivity contribution < 1.29 is 17.9 Å². The molecule has 27 heavy (non-hydrogen) atoms. The Morgan fingerprint density at radius 2 is 1.89 bits per heavy atom. The summed E-state index contributed by atoms with van der Waals surface area (Å²) in [6.45, 7) is 2.91. The number of ether oxygens (including phenoxy) is 1. The van der Waals surface area contributed by atoms with Gasteiger partial charge in [0.1, 0.15) is 5.75 Å². The maximum absolute atomic E-state index is 12.7. The average molecular weight is 388 g/mol. The van der Waals surface area contributed by atoms with E-state index in [4.69, 9.17) is 4.74 Å². The molecule has 0 radical (unpaired) electrons. The Morgan fingerprint density at radius 1 is 1.19 bits per heavy atom. The number of anilines is 1. The van der Waals surface area contributed by atoms with Crippen molar-refractivity contribution in [3.05, 3.63) is 59.2 Å². The summed E-state index contributed by atoms with van der Waals surface area (Å²) in [5.74, 6) is 0.790. The molecule has 0 saturated carbocycles. The number of benzene rings is 2. The van der Waals surface area contributed by atoms with E-state index in [9.17, 15) is 13.2 Å². The molecule has 1 saturated heterocycles. The minimum atomic E-state index is -3.22. The van der Waals surface area contributed by atoms with Crippen molar-refractivity contribution in [1.29, 1.82) is 0 Å². The maximum atomic E-state index is 12.7. The molecule has 0 unspecified atom stereocenters. The second-order valence-corrected chi connectivity index (χ2v) is 8.78. The van der Waals surface area contributed by atoms with Gasteiger partial charge in [0.25, 0.3) is 5.91 Å². The van der Waals surface area contributed by atoms with Gasteiger partial charge in [-0.1, -0.05) is 17.7 Å². The van der Waals surface area contributed by atoms with Crippen molar-refractivity contribution in [2.45, 2.75) is 19.9 Å². The van der Waals surface area contributed by atoms with E-state index in [0.717, 1.165) is 16.9 Å². The van der Waals surface area contributed by atoms with Gasteiger partial charge in [-0.2, -0.15) is 0 Å². The van der Waals surface area contributed by atoms with Gasteiger partial charge in [-0.3, -0.25) is 9.10 Å². The lowest BCUT2D eigenvalue weighted by Crippen LogP contribution is -2.27. The molecule has 1 amide bonds. The Kier molecular flexibility index (Phi) is 5.41. The fraction of sp³-hybridized carbons (Fsp3) is 0.350. The Bertz CT molecular complexity index is 939. The number of rotatable bonds is 5. The van der Waals surface area contributed by atoms with Crippen molar-refractivity contribution in [1.82, 2.24) is 4.90 Å². The number of carbonyl (C=O) groups excluding carboxylic acids is 1. The normalized spacial score (nSPS) is 15.6. The molecule has 1 aliphatic heterocycles. The number of nitrogens with zero attached hydrogens (tertiary/aromatic N) is 2. The number of aryl methyl sites for hydroxylation is 1. The highest BCUT2D eigenvalue weighted by Crippen LogP contribution is 2.25. The molecule has 1 heterocycles. The third-order valence-corrected chi connectivity index (χ3v) is 6.56. The topological polar surface area (TPSA) is 66.9 Å². The van der Waals surface area contributed by atoms with E-state index in [2.05, 4.69) is 0 Å². The summed E-state index contributed by atoms with van der Waals surface area (Å²) in [6.07, 6.45) is 0.629. The lowest BCUT2D eigenvalue weighted by molar-refractivity contribution is 0.0784. The van der Waals surface area contributed by atoms with Crippen LogP contribution in [0.2, 0.25) is 0 Å². The molecule has 144 valence electrons. The van der Waals surface area contributed by atoms with Crippen LogP contribution in [0, 0.1) is 6.92 Å². The van der Waals surface area contributed by atoms with Crippen LogP contribution in [-0.2, 0) is 16.6 Å². The van der Waals surface area contributed by atoms with E-state index in [0.29, 0.717) is 30.8 Å². The molecule has 2 aromatic rings. The van der Waals surface area contributed by atoms with E-state index >= 15 is 0 Å². The molecule has 1 aliphatic rings. The van der Waals surface area contributed by atoms with E-state index in [-0.39, 0.29) is 11.7 Å². The van der Waals surface area contributed by atoms with Crippen LogP contribution in [0.1, 0.15) is 27.9 Å². The van der Waals surface area contributed by atoms with Gasteiger partial charge in [-0.25, -0.2) is 8.42 Å². The number of sulfonamides is 1. The van der Waals surface area contributed by atoms with Crippen molar-refractivity contribution in [2.75, 3.05) is 30.8 Å². The molecule has 7 heteroatoms. The van der Waals surface area contributed by atoms with E-state index in [1.165, 1.54) is 4.31 Å². The molecule has 0 aromatic heterocycles. The van der Waals surface area contributed by atoms with Crippen LogP contribution in [0.25, 0.3) is 0 Å². The largest absolute Gasteiger partial charge is 0.496 e. The summed E-state index contributed by atoms with van der Waals surface area (Å²) in [5, 5.41) is 0. The van der Waals surface area contributed by atoms with E-state index < -0.39 is 10.0 Å². The van der Waals surface area contributed by atoms with Crippen LogP contribution < -0.4 is 9.04 Å². The quantitative estimate of drug-likeness (QED) is 0.790. The maximum Gasteiger partial charge on any atom is 0.253 e. The minimum absolute atomic E-state index is 0.130. The molecule has 0 aliphatic carbocycles. The molecular formula is C20H24N2O4S. The van der Waals surface area contributed by atoms with Crippen LogP contribution in [0.3, 0.4) is 0 Å². The Hall–Kier alpha value is -2.54. The zero-order chi connectivity index (χ0) is 19.6. The van der Waals surface area contributed by atoms with Gasteiger partial charge in [-0.15, -0.1) is 0 Å². The summed E-state index contributed by atoms with van der Waals surface area (Å²) in [7, 11) is 0.133. The predicted octanol–water partition coefficient (Wildman–Crippen LogP) is 2.82. The molecule has 1 fully saturated rings. The number of methoxy groups -OCH3 is 1. The number of hydrogen-bond acceptors (Lipinski definition) is 4. The smallest absolute Gasteiger partial charge is 0.253 e. The Balaban J connectivity index is 1.75. The highest BCUT2D eigenvalue weighted by atomic mass is 32.2. The number of hydrogen-bond donors (Lipinski definition) is 0. The zero-order valence-corrected chi connectivity index (χ0v) is 16.6. The van der Waals surface area contributed by atoms with Crippen LogP contribution in [0.5, 0.6) is 5.75 Å². The average Bonchev–Trinajstić information content (AvgIpc) is 3.00. The van der Waals surface area contributed by atoms with Crippen LogP contribution in [0.15, 0.2) is 42.5 Å². The molecule has 6 nitrogen and oxygen atoms in total. The third-order valence-electron chi connectivity index (χ3n) is 4.69. The summed E-state index contributed by atoms with van der Waals surface area (Å²) in [4.78, 5) is 14.4. The Morgan fingerprint density at radius 3 is 2.48 bits per heavy atom. The molecule has 0 N–H and O–H groups in total. The Labute approximate surface area is 160 Å². The highest BCUT2D eigenvalue weighted by Gasteiger charge is 2.28. The molecule has 0 atom stereocenters. The zero-order valence-electron chi connectivity index (χ0n) is 15.8. The van der Waals surface area contributed by atoms with Gasteiger partial charge in [0.2, 0.25) is 10.0 Å². The monoisotopic (exact) mass is 388 g/mol. The first-order valence-corrected chi connectivity index (χ1v) is 10.4. The van der Waals surface area contributed by atoms with Gasteiger partial charge in [-0.05, 0) is 43.7 Å². The fourth-order valence-corrected chi connectivity index (χ4v) is 4.84. The van der Waals surface area contributed by atoms with E-state index in [1.807, 2.05) is 25.1 Å². The highest BCUT2D eigenvalue weighted by molar-refractivity contribution is 7.93. The molecular weight excluding hydrogens is 364 g/mol. The second kappa shape index (κ2) is 7.60. The van der Waals surface area contributed by atoms with Gasteiger partial charge in [0, 0.05) is 31.3 Å². The first kappa shape index (κ1) is 19.2. The van der Waals surface area contributed by atoms with Gasteiger partial charge in [0.15, 0.2) is 0 Å². The standard InChI is InChI=1S/C20H24N2O4S/c1-15-5-10-19(26-3)17(13-15)14-21(2)20(23)16-6-8-18(9-7-16)22-11-4-12-27(22,24)25/h5-10,13H,4,11-12,14H2,1-3H3. The first-order valence-electron chi connectivity index (χ1n) is 8.81. The van der Waals surface area contributed by atoms with Gasteiger partial charge < -0.3 is 9.64 Å². The number of carbonyl (C=O) groups is 1. The van der Waals surface area contributed by atoms with Crippen molar-refractivity contribution in [3.8, 4) is 5.75 Å².